The molecule has 29 heavy (non-hydrogen) atoms. The Labute approximate surface area is 181 Å². The lowest BCUT2D eigenvalue weighted by atomic mass is 9.90. The van der Waals surface area contributed by atoms with E-state index in [0.717, 1.165) is 21.3 Å². The van der Waals surface area contributed by atoms with E-state index in [4.69, 9.17) is 23.7 Å². The first-order valence-electron chi connectivity index (χ1n) is 9.19. The van der Waals surface area contributed by atoms with Crippen molar-refractivity contribution in [2.24, 2.45) is 0 Å². The molecular formula is C22H25BrO5Si. The Morgan fingerprint density at radius 1 is 0.931 bits per heavy atom. The third-order valence-corrected chi connectivity index (χ3v) is 6.02. The van der Waals surface area contributed by atoms with E-state index in [2.05, 4.69) is 47.0 Å². The van der Waals surface area contributed by atoms with E-state index < -0.39 is 8.07 Å². The Morgan fingerprint density at radius 3 is 2.17 bits per heavy atom. The maximum atomic E-state index is 5.74. The van der Waals surface area contributed by atoms with Crippen molar-refractivity contribution in [1.82, 2.24) is 0 Å². The van der Waals surface area contributed by atoms with E-state index in [1.165, 1.54) is 0 Å². The zero-order valence-electron chi connectivity index (χ0n) is 17.5. The number of rotatable bonds is 5. The molecule has 2 aromatic rings. The summed E-state index contributed by atoms with van der Waals surface area (Å²) in [5.74, 6) is 6.43. The fourth-order valence-corrected chi connectivity index (χ4v) is 4.25. The van der Waals surface area contributed by atoms with Gasteiger partial charge in [0.05, 0.1) is 27.2 Å². The van der Waals surface area contributed by atoms with Gasteiger partial charge in [-0.3, -0.25) is 0 Å². The van der Waals surface area contributed by atoms with Crippen LogP contribution < -0.4 is 23.7 Å². The predicted octanol–water partition coefficient (Wildman–Crippen LogP) is 5.22. The largest absolute Gasteiger partial charge is 0.493 e. The molecule has 0 aliphatic carbocycles. The topological polar surface area (TPSA) is 46.2 Å². The van der Waals surface area contributed by atoms with Gasteiger partial charge in [-0.05, 0) is 29.8 Å². The smallest absolute Gasteiger partial charge is 0.231 e. The van der Waals surface area contributed by atoms with Crippen molar-refractivity contribution in [2.45, 2.75) is 25.6 Å². The van der Waals surface area contributed by atoms with Crippen LogP contribution in [0, 0.1) is 11.5 Å². The monoisotopic (exact) mass is 476 g/mol. The second-order valence-corrected chi connectivity index (χ2v) is 13.2. The molecule has 0 N–H and O–H groups in total. The van der Waals surface area contributed by atoms with Crippen molar-refractivity contribution < 1.29 is 23.7 Å². The normalized spacial score (nSPS) is 13.3. The average molecular weight is 477 g/mol. The van der Waals surface area contributed by atoms with E-state index in [9.17, 15) is 0 Å². The van der Waals surface area contributed by atoms with Crippen molar-refractivity contribution >= 4 is 24.0 Å². The number of fused-ring (bicyclic) bond motifs is 1. The fraction of sp³-hybridized carbons (Fsp3) is 0.364. The first-order chi connectivity index (χ1) is 13.8. The molecule has 1 aliphatic rings. The highest BCUT2D eigenvalue weighted by atomic mass is 79.9. The van der Waals surface area contributed by atoms with Crippen LogP contribution in [0.3, 0.4) is 0 Å². The van der Waals surface area contributed by atoms with Crippen molar-refractivity contribution in [3.05, 3.63) is 39.9 Å². The lowest BCUT2D eigenvalue weighted by Gasteiger charge is -2.21. The Kier molecular flexibility index (Phi) is 6.35. The van der Waals surface area contributed by atoms with Gasteiger partial charge in [-0.2, -0.15) is 0 Å². The lowest BCUT2D eigenvalue weighted by Crippen LogP contribution is -2.17. The molecule has 7 heteroatoms. The van der Waals surface area contributed by atoms with Crippen molar-refractivity contribution in [3.63, 3.8) is 0 Å². The molecule has 0 saturated heterocycles. The minimum atomic E-state index is -1.62. The van der Waals surface area contributed by atoms with Gasteiger partial charge < -0.3 is 23.7 Å². The van der Waals surface area contributed by atoms with E-state index in [1.54, 1.807) is 21.3 Å². The molecule has 5 nitrogen and oxygen atoms in total. The Bertz CT molecular complexity index is 972. The van der Waals surface area contributed by atoms with E-state index in [0.29, 0.717) is 23.0 Å². The average Bonchev–Trinajstić information content (AvgIpc) is 3.13. The standard InChI is InChI=1S/C22H25BrO5Si/c1-24-18-8-7-15(21(25-2)22(18)26-3)14(9-10-29(4,5)6)16-11-19-20(12-17(16)23)28-13-27-19/h7-8,11-12,14H,13H2,1-6H3. The van der Waals surface area contributed by atoms with Gasteiger partial charge in [-0.25, -0.2) is 0 Å². The van der Waals surface area contributed by atoms with Crippen molar-refractivity contribution in [3.8, 4) is 40.2 Å². The number of benzene rings is 2. The zero-order chi connectivity index (χ0) is 21.2. The first kappa shape index (κ1) is 21.4. The SMILES string of the molecule is COc1ccc(C(C#C[Si](C)(C)C)c2cc3c(cc2Br)OCO3)c(OC)c1OC. The highest BCUT2D eigenvalue weighted by Gasteiger charge is 2.27. The molecule has 1 heterocycles. The first-order valence-corrected chi connectivity index (χ1v) is 13.5. The summed E-state index contributed by atoms with van der Waals surface area (Å²) in [4.78, 5) is 0. The van der Waals surface area contributed by atoms with Crippen LogP contribution in [0.2, 0.25) is 19.6 Å². The number of halogens is 1. The summed E-state index contributed by atoms with van der Waals surface area (Å²) in [7, 11) is 3.21. The Morgan fingerprint density at radius 2 is 1.59 bits per heavy atom. The maximum Gasteiger partial charge on any atom is 0.231 e. The molecule has 154 valence electrons. The summed E-state index contributed by atoms with van der Waals surface area (Å²) < 4.78 is 28.8. The van der Waals surface area contributed by atoms with E-state index in [1.807, 2.05) is 24.3 Å². The predicted molar refractivity (Wildman–Crippen MR) is 119 cm³/mol. The van der Waals surface area contributed by atoms with Crippen molar-refractivity contribution in [2.75, 3.05) is 28.1 Å². The molecule has 1 aliphatic heterocycles. The number of ether oxygens (including phenoxy) is 5. The maximum absolute atomic E-state index is 5.74. The molecule has 2 aromatic carbocycles. The Balaban J connectivity index is 2.24. The highest BCUT2D eigenvalue weighted by molar-refractivity contribution is 9.10. The molecule has 1 atom stereocenters. The summed E-state index contributed by atoms with van der Waals surface area (Å²) in [6, 6.07) is 7.75. The van der Waals surface area contributed by atoms with Gasteiger partial charge in [-0.1, -0.05) is 41.5 Å². The minimum Gasteiger partial charge on any atom is -0.493 e. The molecule has 0 aromatic heterocycles. The quantitative estimate of drug-likeness (QED) is 0.437. The molecule has 0 fully saturated rings. The van der Waals surface area contributed by atoms with Gasteiger partial charge in [0.15, 0.2) is 23.0 Å². The number of methoxy groups -OCH3 is 3. The molecule has 0 bridgehead atoms. The summed E-state index contributed by atoms with van der Waals surface area (Å²) in [5, 5.41) is 0. The molecule has 0 saturated carbocycles. The number of hydrogen-bond acceptors (Lipinski definition) is 5. The van der Waals surface area contributed by atoms with Gasteiger partial charge in [0.1, 0.15) is 8.07 Å². The molecule has 3 rings (SSSR count). The highest BCUT2D eigenvalue weighted by Crippen LogP contribution is 2.47. The van der Waals surface area contributed by atoms with Gasteiger partial charge in [0.25, 0.3) is 0 Å². The molecule has 0 amide bonds. The molecule has 1 unspecified atom stereocenters. The van der Waals surface area contributed by atoms with Gasteiger partial charge in [0, 0.05) is 10.0 Å². The van der Waals surface area contributed by atoms with Crippen LogP contribution >= 0.6 is 15.9 Å². The van der Waals surface area contributed by atoms with Crippen molar-refractivity contribution in [1.29, 1.82) is 0 Å². The second kappa shape index (κ2) is 8.60. The van der Waals surface area contributed by atoms with E-state index >= 15 is 0 Å². The van der Waals surface area contributed by atoms with Crippen LogP contribution in [-0.2, 0) is 0 Å². The number of hydrogen-bond donors (Lipinski definition) is 0. The minimum absolute atomic E-state index is 0.218. The van der Waals surface area contributed by atoms with Gasteiger partial charge >= 0.3 is 0 Å². The zero-order valence-corrected chi connectivity index (χ0v) is 20.1. The Hall–Kier alpha value is -2.30. The summed E-state index contributed by atoms with van der Waals surface area (Å²) in [6.07, 6.45) is 0. The lowest BCUT2D eigenvalue weighted by molar-refractivity contribution is 0.174. The third-order valence-electron chi connectivity index (χ3n) is 4.44. The van der Waals surface area contributed by atoms with E-state index in [-0.39, 0.29) is 12.7 Å². The van der Waals surface area contributed by atoms with Crippen LogP contribution in [0.25, 0.3) is 0 Å². The second-order valence-electron chi connectivity index (χ2n) is 7.60. The third kappa shape index (κ3) is 4.49. The van der Waals surface area contributed by atoms with Gasteiger partial charge in [-0.15, -0.1) is 5.54 Å². The summed E-state index contributed by atoms with van der Waals surface area (Å²) in [5.41, 5.74) is 5.38. The van der Waals surface area contributed by atoms with Crippen LogP contribution in [-0.4, -0.2) is 36.2 Å². The van der Waals surface area contributed by atoms with Gasteiger partial charge in [0.2, 0.25) is 12.5 Å². The van der Waals surface area contributed by atoms with Crippen LogP contribution in [0.4, 0.5) is 0 Å². The van der Waals surface area contributed by atoms with Crippen LogP contribution in [0.15, 0.2) is 28.7 Å². The van der Waals surface area contributed by atoms with Crippen LogP contribution in [0.5, 0.6) is 28.7 Å². The fourth-order valence-electron chi connectivity index (χ4n) is 3.12. The summed E-state index contributed by atoms with van der Waals surface area (Å²) in [6.45, 7) is 6.88. The summed E-state index contributed by atoms with van der Waals surface area (Å²) >= 11 is 3.69. The molecule has 0 spiro atoms. The van der Waals surface area contributed by atoms with Crippen LogP contribution in [0.1, 0.15) is 17.0 Å². The molecular weight excluding hydrogens is 452 g/mol. The molecule has 0 radical (unpaired) electrons.